The molecule has 0 spiro atoms. The summed E-state index contributed by atoms with van der Waals surface area (Å²) in [6.07, 6.45) is 2.41. The van der Waals surface area contributed by atoms with Gasteiger partial charge in [0.15, 0.2) is 0 Å². The van der Waals surface area contributed by atoms with Crippen molar-refractivity contribution in [3.05, 3.63) is 77.9 Å². The average molecular weight is 396 g/mol. The van der Waals surface area contributed by atoms with Crippen molar-refractivity contribution in [1.82, 2.24) is 0 Å². The van der Waals surface area contributed by atoms with Crippen molar-refractivity contribution in [1.29, 1.82) is 0 Å². The van der Waals surface area contributed by atoms with Crippen LogP contribution in [0.2, 0.25) is 0 Å². The molecule has 0 fully saturated rings. The largest absolute Gasteiger partial charge is 0.465 e. The first-order valence-electron chi connectivity index (χ1n) is 9.30. The van der Waals surface area contributed by atoms with Crippen molar-refractivity contribution < 1.29 is 28.6 Å². The zero-order valence-electron chi connectivity index (χ0n) is 16.4. The summed E-state index contributed by atoms with van der Waals surface area (Å²) in [6.45, 7) is 5.78. The lowest BCUT2D eigenvalue weighted by atomic mass is 10.1. The van der Waals surface area contributed by atoms with Crippen LogP contribution in [0.3, 0.4) is 0 Å². The molecule has 0 aliphatic heterocycles. The number of unbranched alkanes of at least 4 members (excludes halogenated alkanes) is 1. The molecule has 0 radical (unpaired) electrons. The summed E-state index contributed by atoms with van der Waals surface area (Å²) in [5, 5.41) is 0. The van der Waals surface area contributed by atoms with E-state index < -0.39 is 11.9 Å². The normalized spacial score (nSPS) is 10.1. The summed E-state index contributed by atoms with van der Waals surface area (Å²) >= 11 is 0. The SMILES string of the molecule is C=CC(=O)OCCCCOC(=O)Cc1ccc(C(=O)Oc2ccc(C)cc2)cc1. The smallest absolute Gasteiger partial charge is 0.343 e. The van der Waals surface area contributed by atoms with Crippen LogP contribution < -0.4 is 4.74 Å². The molecular formula is C23H24O6. The van der Waals surface area contributed by atoms with Gasteiger partial charge in [-0.05, 0) is 49.6 Å². The number of ether oxygens (including phenoxy) is 3. The molecule has 0 saturated carbocycles. The Bertz CT molecular complexity index is 837. The van der Waals surface area contributed by atoms with Gasteiger partial charge < -0.3 is 14.2 Å². The molecule has 0 N–H and O–H groups in total. The van der Waals surface area contributed by atoms with Crippen LogP contribution in [0, 0.1) is 6.92 Å². The van der Waals surface area contributed by atoms with E-state index in [1.807, 2.05) is 19.1 Å². The van der Waals surface area contributed by atoms with E-state index in [0.29, 0.717) is 24.2 Å². The molecule has 2 rings (SSSR count). The fourth-order valence-electron chi connectivity index (χ4n) is 2.37. The summed E-state index contributed by atoms with van der Waals surface area (Å²) in [6, 6.07) is 13.8. The Labute approximate surface area is 170 Å². The van der Waals surface area contributed by atoms with E-state index in [1.165, 1.54) is 0 Å². The second kappa shape index (κ2) is 11.4. The van der Waals surface area contributed by atoms with Gasteiger partial charge >= 0.3 is 17.9 Å². The number of hydrogen-bond acceptors (Lipinski definition) is 6. The molecule has 152 valence electrons. The second-order valence-electron chi connectivity index (χ2n) is 6.38. The third-order valence-electron chi connectivity index (χ3n) is 3.98. The minimum Gasteiger partial charge on any atom is -0.465 e. The predicted molar refractivity (Wildman–Crippen MR) is 108 cm³/mol. The highest BCUT2D eigenvalue weighted by Crippen LogP contribution is 2.14. The molecule has 2 aromatic carbocycles. The molecule has 29 heavy (non-hydrogen) atoms. The van der Waals surface area contributed by atoms with Gasteiger partial charge in [0.25, 0.3) is 0 Å². The number of benzene rings is 2. The molecule has 0 bridgehead atoms. The van der Waals surface area contributed by atoms with Crippen molar-refractivity contribution >= 4 is 17.9 Å². The van der Waals surface area contributed by atoms with E-state index in [4.69, 9.17) is 14.2 Å². The van der Waals surface area contributed by atoms with Crippen LogP contribution >= 0.6 is 0 Å². The molecule has 0 aromatic heterocycles. The van der Waals surface area contributed by atoms with Crippen LogP contribution in [0.4, 0.5) is 0 Å². The summed E-state index contributed by atoms with van der Waals surface area (Å²) in [4.78, 5) is 34.9. The number of carbonyl (C=O) groups is 3. The maximum absolute atomic E-state index is 12.2. The second-order valence-corrected chi connectivity index (χ2v) is 6.38. The van der Waals surface area contributed by atoms with E-state index in [2.05, 4.69) is 6.58 Å². The Hall–Kier alpha value is -3.41. The Kier molecular flexibility index (Phi) is 8.63. The Balaban J connectivity index is 1.71. The van der Waals surface area contributed by atoms with Crippen LogP contribution in [0.15, 0.2) is 61.2 Å². The molecule has 6 nitrogen and oxygen atoms in total. The Morgan fingerprint density at radius 1 is 0.897 bits per heavy atom. The van der Waals surface area contributed by atoms with Crippen molar-refractivity contribution in [2.24, 2.45) is 0 Å². The van der Waals surface area contributed by atoms with E-state index >= 15 is 0 Å². The number of carbonyl (C=O) groups excluding carboxylic acids is 3. The van der Waals surface area contributed by atoms with Crippen LogP contribution in [-0.2, 0) is 25.5 Å². The molecule has 0 aliphatic rings. The average Bonchev–Trinajstić information content (AvgIpc) is 2.72. The lowest BCUT2D eigenvalue weighted by Crippen LogP contribution is -2.11. The van der Waals surface area contributed by atoms with Crippen LogP contribution in [0.1, 0.15) is 34.3 Å². The van der Waals surface area contributed by atoms with Crippen LogP contribution in [0.25, 0.3) is 0 Å². The predicted octanol–water partition coefficient (Wildman–Crippen LogP) is 3.81. The number of hydrogen-bond donors (Lipinski definition) is 0. The minimum absolute atomic E-state index is 0.110. The fourth-order valence-corrected chi connectivity index (χ4v) is 2.37. The van der Waals surface area contributed by atoms with E-state index in [9.17, 15) is 14.4 Å². The highest BCUT2D eigenvalue weighted by atomic mass is 16.5. The molecule has 0 heterocycles. The van der Waals surface area contributed by atoms with Gasteiger partial charge in [0.1, 0.15) is 5.75 Å². The van der Waals surface area contributed by atoms with Gasteiger partial charge in [0, 0.05) is 6.08 Å². The van der Waals surface area contributed by atoms with Gasteiger partial charge in [-0.3, -0.25) is 4.79 Å². The summed E-state index contributed by atoms with van der Waals surface area (Å²) in [5.74, 6) is -0.802. The van der Waals surface area contributed by atoms with Gasteiger partial charge in [-0.15, -0.1) is 0 Å². The zero-order valence-corrected chi connectivity index (χ0v) is 16.4. The number of rotatable bonds is 10. The molecule has 6 heteroatoms. The molecule has 0 unspecified atom stereocenters. The van der Waals surface area contributed by atoms with Gasteiger partial charge in [0.2, 0.25) is 0 Å². The quantitative estimate of drug-likeness (QED) is 0.263. The fraction of sp³-hybridized carbons (Fsp3) is 0.261. The van der Waals surface area contributed by atoms with Gasteiger partial charge in [-0.2, -0.15) is 0 Å². The first kappa shape index (κ1) is 21.9. The van der Waals surface area contributed by atoms with Gasteiger partial charge in [-0.1, -0.05) is 36.4 Å². The number of aryl methyl sites for hydroxylation is 1. The Morgan fingerprint density at radius 3 is 2.14 bits per heavy atom. The molecular weight excluding hydrogens is 372 g/mol. The van der Waals surface area contributed by atoms with E-state index in [1.54, 1.807) is 36.4 Å². The minimum atomic E-state index is -0.465. The van der Waals surface area contributed by atoms with Crippen molar-refractivity contribution in [2.75, 3.05) is 13.2 Å². The monoisotopic (exact) mass is 396 g/mol. The molecule has 2 aromatic rings. The van der Waals surface area contributed by atoms with Crippen molar-refractivity contribution in [3.63, 3.8) is 0 Å². The summed E-state index contributed by atoms with van der Waals surface area (Å²) < 4.78 is 15.3. The Morgan fingerprint density at radius 2 is 1.52 bits per heavy atom. The van der Waals surface area contributed by atoms with Gasteiger partial charge in [0.05, 0.1) is 25.2 Å². The summed E-state index contributed by atoms with van der Waals surface area (Å²) in [5.41, 5.74) is 2.22. The molecule has 0 aliphatic carbocycles. The zero-order chi connectivity index (χ0) is 21.1. The lowest BCUT2D eigenvalue weighted by molar-refractivity contribution is -0.143. The summed E-state index contributed by atoms with van der Waals surface area (Å²) in [7, 11) is 0. The molecule has 0 amide bonds. The number of esters is 3. The van der Waals surface area contributed by atoms with Crippen molar-refractivity contribution in [2.45, 2.75) is 26.2 Å². The van der Waals surface area contributed by atoms with Crippen molar-refractivity contribution in [3.8, 4) is 5.75 Å². The molecule has 0 atom stereocenters. The third kappa shape index (κ3) is 8.01. The highest BCUT2D eigenvalue weighted by Gasteiger charge is 2.10. The van der Waals surface area contributed by atoms with E-state index in [0.717, 1.165) is 17.2 Å². The highest BCUT2D eigenvalue weighted by molar-refractivity contribution is 5.91. The standard InChI is InChI=1S/C23H24O6/c1-3-21(24)27-14-4-5-15-28-22(25)16-18-8-10-19(11-9-18)23(26)29-20-12-6-17(2)7-13-20/h3,6-13H,1,4-5,14-16H2,2H3. The maximum atomic E-state index is 12.2. The first-order chi connectivity index (χ1) is 14.0. The third-order valence-corrected chi connectivity index (χ3v) is 3.98. The molecule has 0 saturated heterocycles. The lowest BCUT2D eigenvalue weighted by Gasteiger charge is -2.07. The topological polar surface area (TPSA) is 78.9 Å². The van der Waals surface area contributed by atoms with Crippen LogP contribution in [0.5, 0.6) is 5.75 Å². The van der Waals surface area contributed by atoms with Crippen LogP contribution in [-0.4, -0.2) is 31.1 Å². The van der Waals surface area contributed by atoms with E-state index in [-0.39, 0.29) is 25.6 Å². The van der Waals surface area contributed by atoms with Gasteiger partial charge in [-0.25, -0.2) is 9.59 Å². The maximum Gasteiger partial charge on any atom is 0.343 e. The first-order valence-corrected chi connectivity index (χ1v) is 9.30.